The van der Waals surface area contributed by atoms with Crippen LogP contribution in [0.3, 0.4) is 0 Å². The summed E-state index contributed by atoms with van der Waals surface area (Å²) in [6.45, 7) is 2.29. The minimum absolute atomic E-state index is 1.13. The summed E-state index contributed by atoms with van der Waals surface area (Å²) in [5.74, 6) is 1.13. The lowest BCUT2D eigenvalue weighted by Crippen LogP contribution is -2.26. The standard InChI is InChI=1S/C7H14N2S/c1-8(2)3-4-9-5-6-10-7-9/h5-6H,3-4,7H2,1-2H3. The molecular formula is C7H14N2S. The van der Waals surface area contributed by atoms with Crippen LogP contribution in [0, 0.1) is 0 Å². The highest BCUT2D eigenvalue weighted by molar-refractivity contribution is 8.02. The number of rotatable bonds is 3. The Morgan fingerprint density at radius 2 is 2.40 bits per heavy atom. The number of nitrogens with zero attached hydrogens (tertiary/aromatic N) is 2. The van der Waals surface area contributed by atoms with Crippen molar-refractivity contribution in [2.24, 2.45) is 0 Å². The van der Waals surface area contributed by atoms with E-state index in [1.165, 1.54) is 0 Å². The third kappa shape index (κ3) is 2.62. The van der Waals surface area contributed by atoms with Crippen molar-refractivity contribution in [3.63, 3.8) is 0 Å². The largest absolute Gasteiger partial charge is 0.366 e. The van der Waals surface area contributed by atoms with Crippen molar-refractivity contribution < 1.29 is 0 Å². The first kappa shape index (κ1) is 7.95. The summed E-state index contributed by atoms with van der Waals surface area (Å²) >= 11 is 1.86. The molecule has 0 aromatic carbocycles. The van der Waals surface area contributed by atoms with Crippen molar-refractivity contribution >= 4 is 11.8 Å². The maximum atomic E-state index is 2.32. The molecule has 0 unspecified atom stereocenters. The monoisotopic (exact) mass is 158 g/mol. The van der Waals surface area contributed by atoms with E-state index >= 15 is 0 Å². The van der Waals surface area contributed by atoms with Crippen LogP contribution in [0.4, 0.5) is 0 Å². The molecule has 0 amide bonds. The molecule has 0 aromatic heterocycles. The minimum Gasteiger partial charge on any atom is -0.366 e. The van der Waals surface area contributed by atoms with Gasteiger partial charge in [0, 0.05) is 19.3 Å². The quantitative estimate of drug-likeness (QED) is 0.605. The van der Waals surface area contributed by atoms with Gasteiger partial charge in [0.15, 0.2) is 0 Å². The van der Waals surface area contributed by atoms with Crippen LogP contribution in [-0.2, 0) is 0 Å². The van der Waals surface area contributed by atoms with E-state index in [0.29, 0.717) is 0 Å². The van der Waals surface area contributed by atoms with Gasteiger partial charge < -0.3 is 9.80 Å². The lowest BCUT2D eigenvalue weighted by atomic mass is 10.5. The van der Waals surface area contributed by atoms with Crippen LogP contribution < -0.4 is 0 Å². The van der Waals surface area contributed by atoms with Gasteiger partial charge >= 0.3 is 0 Å². The van der Waals surface area contributed by atoms with Crippen molar-refractivity contribution in [3.8, 4) is 0 Å². The van der Waals surface area contributed by atoms with Gasteiger partial charge in [-0.25, -0.2) is 0 Å². The van der Waals surface area contributed by atoms with Crippen molar-refractivity contribution in [2.45, 2.75) is 0 Å². The van der Waals surface area contributed by atoms with Crippen molar-refractivity contribution in [1.82, 2.24) is 9.80 Å². The number of likely N-dealkylation sites (N-methyl/N-ethyl adjacent to an activating group) is 1. The summed E-state index contributed by atoms with van der Waals surface area (Å²) in [5.41, 5.74) is 0. The summed E-state index contributed by atoms with van der Waals surface area (Å²) in [6.07, 6.45) is 2.16. The second-order valence-corrected chi connectivity index (χ2v) is 3.56. The Balaban J connectivity index is 2.08. The molecule has 0 spiro atoms. The molecule has 1 aliphatic rings. The Hall–Kier alpha value is -0.150. The molecule has 1 rings (SSSR count). The zero-order valence-electron chi connectivity index (χ0n) is 6.58. The highest BCUT2D eigenvalue weighted by Crippen LogP contribution is 2.13. The zero-order chi connectivity index (χ0) is 7.40. The average molecular weight is 158 g/mol. The first-order valence-electron chi connectivity index (χ1n) is 3.46. The average Bonchev–Trinajstić information content (AvgIpc) is 2.34. The van der Waals surface area contributed by atoms with Gasteiger partial charge in [-0.05, 0) is 19.5 Å². The van der Waals surface area contributed by atoms with Crippen LogP contribution in [0.1, 0.15) is 0 Å². The predicted molar refractivity (Wildman–Crippen MR) is 46.9 cm³/mol. The normalized spacial score (nSPS) is 17.3. The number of thioether (sulfide) groups is 1. The Labute approximate surface area is 66.9 Å². The Bertz CT molecular complexity index is 123. The summed E-state index contributed by atoms with van der Waals surface area (Å²) in [5, 5.41) is 2.15. The Morgan fingerprint density at radius 3 is 2.90 bits per heavy atom. The SMILES string of the molecule is CN(C)CCN1C=CSC1. The van der Waals surface area contributed by atoms with Crippen LogP contribution in [0.25, 0.3) is 0 Å². The van der Waals surface area contributed by atoms with Crippen LogP contribution >= 0.6 is 11.8 Å². The van der Waals surface area contributed by atoms with Crippen LogP contribution in [0.15, 0.2) is 11.6 Å². The topological polar surface area (TPSA) is 6.48 Å². The van der Waals surface area contributed by atoms with Gasteiger partial charge in [0.1, 0.15) is 0 Å². The molecule has 1 aliphatic heterocycles. The summed E-state index contributed by atoms with van der Waals surface area (Å²) in [4.78, 5) is 4.53. The molecule has 0 fully saturated rings. The third-order valence-corrected chi connectivity index (χ3v) is 2.24. The van der Waals surface area contributed by atoms with Gasteiger partial charge in [0.2, 0.25) is 0 Å². The first-order valence-corrected chi connectivity index (χ1v) is 4.51. The highest BCUT2D eigenvalue weighted by Gasteiger charge is 2.03. The van der Waals surface area contributed by atoms with Gasteiger partial charge in [-0.2, -0.15) is 0 Å². The van der Waals surface area contributed by atoms with E-state index in [1.807, 2.05) is 11.8 Å². The fourth-order valence-electron chi connectivity index (χ4n) is 0.778. The molecule has 0 aliphatic carbocycles. The van der Waals surface area contributed by atoms with E-state index in [9.17, 15) is 0 Å². The molecule has 1 heterocycles. The van der Waals surface area contributed by atoms with E-state index in [0.717, 1.165) is 19.0 Å². The Kier molecular flexibility index (Phi) is 3.09. The Morgan fingerprint density at radius 1 is 1.60 bits per heavy atom. The first-order chi connectivity index (χ1) is 4.79. The molecule has 58 valence electrons. The van der Waals surface area contributed by atoms with E-state index in [4.69, 9.17) is 0 Å². The molecule has 0 N–H and O–H groups in total. The lowest BCUT2D eigenvalue weighted by molar-refractivity contribution is 0.337. The van der Waals surface area contributed by atoms with E-state index in [2.05, 4.69) is 35.5 Å². The van der Waals surface area contributed by atoms with Crippen molar-refractivity contribution in [3.05, 3.63) is 11.6 Å². The van der Waals surface area contributed by atoms with Gasteiger partial charge in [-0.15, -0.1) is 11.8 Å². The lowest BCUT2D eigenvalue weighted by Gasteiger charge is -2.17. The smallest absolute Gasteiger partial charge is 0.0675 e. The maximum Gasteiger partial charge on any atom is 0.0675 e. The minimum atomic E-state index is 1.13. The van der Waals surface area contributed by atoms with E-state index in [-0.39, 0.29) is 0 Å². The fraction of sp³-hybridized carbons (Fsp3) is 0.714. The molecule has 0 radical (unpaired) electrons. The predicted octanol–water partition coefficient (Wildman–Crippen LogP) is 1.03. The highest BCUT2D eigenvalue weighted by atomic mass is 32.2. The zero-order valence-corrected chi connectivity index (χ0v) is 7.40. The van der Waals surface area contributed by atoms with Gasteiger partial charge in [0.25, 0.3) is 0 Å². The molecule has 2 nitrogen and oxygen atoms in total. The summed E-state index contributed by atoms with van der Waals surface area (Å²) < 4.78 is 0. The fourth-order valence-corrected chi connectivity index (χ4v) is 1.53. The molecule has 0 saturated heterocycles. The second kappa shape index (κ2) is 3.88. The molecule has 0 aromatic rings. The van der Waals surface area contributed by atoms with Crippen molar-refractivity contribution in [1.29, 1.82) is 0 Å². The van der Waals surface area contributed by atoms with Gasteiger partial charge in [-0.3, -0.25) is 0 Å². The van der Waals surface area contributed by atoms with Crippen LogP contribution in [0.5, 0.6) is 0 Å². The van der Waals surface area contributed by atoms with Gasteiger partial charge in [0.05, 0.1) is 5.88 Å². The van der Waals surface area contributed by atoms with E-state index in [1.54, 1.807) is 0 Å². The molecule has 10 heavy (non-hydrogen) atoms. The van der Waals surface area contributed by atoms with Crippen molar-refractivity contribution in [2.75, 3.05) is 33.1 Å². The maximum absolute atomic E-state index is 2.32. The number of hydrogen-bond acceptors (Lipinski definition) is 3. The van der Waals surface area contributed by atoms with E-state index < -0.39 is 0 Å². The molecule has 3 heteroatoms. The third-order valence-electron chi connectivity index (χ3n) is 1.44. The second-order valence-electron chi connectivity index (χ2n) is 2.70. The molecule has 0 bridgehead atoms. The van der Waals surface area contributed by atoms with Crippen LogP contribution in [-0.4, -0.2) is 42.9 Å². The molecule has 0 saturated carbocycles. The summed E-state index contributed by atoms with van der Waals surface area (Å²) in [6, 6.07) is 0. The van der Waals surface area contributed by atoms with Gasteiger partial charge in [-0.1, -0.05) is 0 Å². The molecular weight excluding hydrogens is 144 g/mol. The molecule has 0 atom stereocenters. The van der Waals surface area contributed by atoms with Crippen LogP contribution in [0.2, 0.25) is 0 Å². The number of hydrogen-bond donors (Lipinski definition) is 0. The summed E-state index contributed by atoms with van der Waals surface area (Å²) in [7, 11) is 4.21.